The first-order valence-corrected chi connectivity index (χ1v) is 9.51. The molecule has 0 spiro atoms. The van der Waals surface area contributed by atoms with Crippen molar-refractivity contribution >= 4 is 40.1 Å². The number of nitrogens with one attached hydrogen (secondary N) is 1. The molecular weight excluding hydrogens is 336 g/mol. The molecule has 0 heterocycles. The summed E-state index contributed by atoms with van der Waals surface area (Å²) in [5.74, 6) is 0.168. The molecule has 134 valence electrons. The van der Waals surface area contributed by atoms with Crippen molar-refractivity contribution in [2.24, 2.45) is 0 Å². The highest BCUT2D eigenvalue weighted by Gasteiger charge is 2.21. The maximum atomic E-state index is 12.4. The number of hydrogen-bond acceptors (Lipinski definition) is 5. The molecule has 0 aromatic heterocycles. The van der Waals surface area contributed by atoms with Gasteiger partial charge in [-0.3, -0.25) is 4.79 Å². The standard InChI is InChI=1S/C19H24N2O3S/c1-21(17-10-6-8-14-7-4-5-9-15(14)17)13-18(22)20-16(11-12-25-3)19(23)24-2/h4-10,16H,11-13H2,1-3H3,(H,20,22). The van der Waals surface area contributed by atoms with Gasteiger partial charge in [0, 0.05) is 18.1 Å². The van der Waals surface area contributed by atoms with Crippen molar-refractivity contribution in [1.82, 2.24) is 5.32 Å². The summed E-state index contributed by atoms with van der Waals surface area (Å²) >= 11 is 1.63. The molecule has 1 amide bonds. The summed E-state index contributed by atoms with van der Waals surface area (Å²) in [5, 5.41) is 5.00. The van der Waals surface area contributed by atoms with Crippen LogP contribution in [0.2, 0.25) is 0 Å². The number of carbonyl (C=O) groups is 2. The Hall–Kier alpha value is -2.21. The van der Waals surface area contributed by atoms with E-state index in [9.17, 15) is 9.59 Å². The van der Waals surface area contributed by atoms with E-state index in [1.54, 1.807) is 11.8 Å². The number of ether oxygens (including phenoxy) is 1. The number of benzene rings is 2. The molecule has 2 rings (SSSR count). The molecule has 1 atom stereocenters. The van der Waals surface area contributed by atoms with Crippen molar-refractivity contribution < 1.29 is 14.3 Å². The zero-order valence-corrected chi connectivity index (χ0v) is 15.6. The van der Waals surface area contributed by atoms with Gasteiger partial charge in [-0.05, 0) is 29.9 Å². The Bertz CT molecular complexity index is 730. The second-order valence-electron chi connectivity index (χ2n) is 5.78. The Morgan fingerprint density at radius 3 is 2.64 bits per heavy atom. The van der Waals surface area contributed by atoms with E-state index < -0.39 is 12.0 Å². The van der Waals surface area contributed by atoms with Crippen LogP contribution in [-0.2, 0) is 14.3 Å². The van der Waals surface area contributed by atoms with Crippen molar-refractivity contribution in [1.29, 1.82) is 0 Å². The van der Waals surface area contributed by atoms with Gasteiger partial charge in [-0.15, -0.1) is 0 Å². The lowest BCUT2D eigenvalue weighted by Gasteiger charge is -2.22. The summed E-state index contributed by atoms with van der Waals surface area (Å²) in [4.78, 5) is 26.1. The Balaban J connectivity index is 2.06. The monoisotopic (exact) mass is 360 g/mol. The lowest BCUT2D eigenvalue weighted by atomic mass is 10.1. The van der Waals surface area contributed by atoms with Crippen LogP contribution in [0.15, 0.2) is 42.5 Å². The van der Waals surface area contributed by atoms with Gasteiger partial charge in [0.25, 0.3) is 0 Å². The Morgan fingerprint density at radius 2 is 1.92 bits per heavy atom. The molecule has 0 bridgehead atoms. The van der Waals surface area contributed by atoms with Crippen LogP contribution >= 0.6 is 11.8 Å². The normalized spacial score (nSPS) is 11.8. The first kappa shape index (κ1) is 19.1. The molecule has 0 radical (unpaired) electrons. The number of amides is 1. The van der Waals surface area contributed by atoms with Gasteiger partial charge in [-0.2, -0.15) is 11.8 Å². The van der Waals surface area contributed by atoms with E-state index >= 15 is 0 Å². The van der Waals surface area contributed by atoms with Gasteiger partial charge in [0.2, 0.25) is 5.91 Å². The minimum atomic E-state index is -0.606. The smallest absolute Gasteiger partial charge is 0.328 e. The number of thioether (sulfide) groups is 1. The predicted octanol–water partition coefficient (Wildman–Crippen LogP) is 2.69. The highest BCUT2D eigenvalue weighted by molar-refractivity contribution is 7.98. The Morgan fingerprint density at radius 1 is 1.20 bits per heavy atom. The molecule has 2 aromatic carbocycles. The largest absolute Gasteiger partial charge is 0.467 e. The van der Waals surface area contributed by atoms with Gasteiger partial charge in [-0.25, -0.2) is 4.79 Å². The molecule has 0 aliphatic heterocycles. The fourth-order valence-corrected chi connectivity index (χ4v) is 3.18. The van der Waals surface area contributed by atoms with Gasteiger partial charge < -0.3 is 15.0 Å². The molecule has 0 aliphatic rings. The van der Waals surface area contributed by atoms with Gasteiger partial charge in [0.05, 0.1) is 13.7 Å². The highest BCUT2D eigenvalue weighted by atomic mass is 32.2. The third-order valence-corrected chi connectivity index (χ3v) is 4.63. The minimum absolute atomic E-state index is 0.167. The van der Waals surface area contributed by atoms with E-state index in [1.165, 1.54) is 7.11 Å². The van der Waals surface area contributed by atoms with Gasteiger partial charge in [0.1, 0.15) is 6.04 Å². The van der Waals surface area contributed by atoms with Crippen LogP contribution in [0, 0.1) is 0 Å². The SMILES string of the molecule is COC(=O)C(CCSC)NC(=O)CN(C)c1cccc2ccccc12. The van der Waals surface area contributed by atoms with E-state index in [2.05, 4.69) is 5.32 Å². The number of rotatable bonds is 8. The molecular formula is C19H24N2O3S. The Kier molecular flexibility index (Phi) is 7.13. The molecule has 1 unspecified atom stereocenters. The second-order valence-corrected chi connectivity index (χ2v) is 6.76. The molecule has 5 nitrogen and oxygen atoms in total. The van der Waals surface area contributed by atoms with Crippen molar-refractivity contribution in [2.45, 2.75) is 12.5 Å². The summed E-state index contributed by atoms with van der Waals surface area (Å²) in [7, 11) is 3.21. The molecule has 0 aliphatic carbocycles. The summed E-state index contributed by atoms with van der Waals surface area (Å²) in [6, 6.07) is 13.5. The maximum absolute atomic E-state index is 12.4. The van der Waals surface area contributed by atoms with Gasteiger partial charge >= 0.3 is 5.97 Å². The minimum Gasteiger partial charge on any atom is -0.467 e. The average Bonchev–Trinajstić information content (AvgIpc) is 2.63. The zero-order valence-electron chi connectivity index (χ0n) is 14.8. The number of nitrogens with zero attached hydrogens (tertiary/aromatic N) is 1. The summed E-state index contributed by atoms with van der Waals surface area (Å²) < 4.78 is 4.78. The third-order valence-electron chi connectivity index (χ3n) is 3.99. The predicted molar refractivity (Wildman–Crippen MR) is 104 cm³/mol. The van der Waals surface area contributed by atoms with E-state index in [-0.39, 0.29) is 12.5 Å². The van der Waals surface area contributed by atoms with E-state index in [4.69, 9.17) is 4.74 Å². The third kappa shape index (κ3) is 5.13. The first-order valence-electron chi connectivity index (χ1n) is 8.12. The fourth-order valence-electron chi connectivity index (χ4n) is 2.71. The van der Waals surface area contributed by atoms with E-state index in [0.717, 1.165) is 22.2 Å². The average molecular weight is 360 g/mol. The summed E-state index contributed by atoms with van der Waals surface area (Å²) in [5.41, 5.74) is 0.979. The molecule has 0 saturated carbocycles. The maximum Gasteiger partial charge on any atom is 0.328 e. The molecule has 0 fully saturated rings. The molecule has 2 aromatic rings. The van der Waals surface area contributed by atoms with Gasteiger partial charge in [0.15, 0.2) is 0 Å². The lowest BCUT2D eigenvalue weighted by molar-refractivity contribution is -0.145. The second kappa shape index (κ2) is 9.32. The van der Waals surface area contributed by atoms with Crippen LogP contribution in [0.4, 0.5) is 5.69 Å². The molecule has 0 saturated heterocycles. The molecule has 6 heteroatoms. The van der Waals surface area contributed by atoms with Crippen LogP contribution in [0.25, 0.3) is 10.8 Å². The number of hydrogen-bond donors (Lipinski definition) is 1. The number of methoxy groups -OCH3 is 1. The van der Waals surface area contributed by atoms with Crippen molar-refractivity contribution in [2.75, 3.05) is 37.6 Å². The molecule has 1 N–H and O–H groups in total. The zero-order chi connectivity index (χ0) is 18.2. The number of anilines is 1. The van der Waals surface area contributed by atoms with Crippen molar-refractivity contribution in [3.05, 3.63) is 42.5 Å². The van der Waals surface area contributed by atoms with Crippen LogP contribution < -0.4 is 10.2 Å². The number of likely N-dealkylation sites (N-methyl/N-ethyl adjacent to an activating group) is 1. The number of carbonyl (C=O) groups excluding carboxylic acids is 2. The summed E-state index contributed by atoms with van der Waals surface area (Å²) in [6.07, 6.45) is 2.52. The topological polar surface area (TPSA) is 58.6 Å². The quantitative estimate of drug-likeness (QED) is 0.734. The number of esters is 1. The number of fused-ring (bicyclic) bond motifs is 1. The highest BCUT2D eigenvalue weighted by Crippen LogP contribution is 2.25. The summed E-state index contributed by atoms with van der Waals surface area (Å²) in [6.45, 7) is 0.167. The van der Waals surface area contributed by atoms with Gasteiger partial charge in [-0.1, -0.05) is 36.4 Å². The molecule has 25 heavy (non-hydrogen) atoms. The first-order chi connectivity index (χ1) is 12.1. The van der Waals surface area contributed by atoms with Crippen LogP contribution in [0.1, 0.15) is 6.42 Å². The van der Waals surface area contributed by atoms with E-state index in [0.29, 0.717) is 6.42 Å². The van der Waals surface area contributed by atoms with Crippen LogP contribution in [0.5, 0.6) is 0 Å². The van der Waals surface area contributed by atoms with E-state index in [1.807, 2.05) is 60.7 Å². The van der Waals surface area contributed by atoms with Crippen molar-refractivity contribution in [3.63, 3.8) is 0 Å². The van der Waals surface area contributed by atoms with Crippen LogP contribution in [-0.4, -0.2) is 50.6 Å². The Labute approximate surface area is 152 Å². The lowest BCUT2D eigenvalue weighted by Crippen LogP contribution is -2.45. The van der Waals surface area contributed by atoms with Crippen molar-refractivity contribution in [3.8, 4) is 0 Å². The fraction of sp³-hybridized carbons (Fsp3) is 0.368. The van der Waals surface area contributed by atoms with Crippen LogP contribution in [0.3, 0.4) is 0 Å².